The number of hydrogen-bond donors (Lipinski definition) is 2. The number of anilines is 1. The van der Waals surface area contributed by atoms with Crippen molar-refractivity contribution in [3.05, 3.63) is 12.2 Å². The largest absolute Gasteiger partial charge is 0.394 e. The number of nitrogens with zero attached hydrogens (tertiary/aromatic N) is 4. The lowest BCUT2D eigenvalue weighted by molar-refractivity contribution is -0.0583. The second-order valence-corrected chi connectivity index (χ2v) is 5.34. The summed E-state index contributed by atoms with van der Waals surface area (Å²) in [6.07, 6.45) is -0.0878. The number of imidazole rings is 1. The molecule has 3 heterocycles. The molecule has 0 aliphatic carbocycles. The fraction of sp³-hybridized carbons (Fsp3) is 0.643. The first-order chi connectivity index (χ1) is 11.1. The Balaban J connectivity index is 2.07. The van der Waals surface area contributed by atoms with Crippen LogP contribution in [0.4, 0.5) is 5.82 Å². The molecular formula is C14H21N5O4. The van der Waals surface area contributed by atoms with Crippen LogP contribution in [0.2, 0.25) is 0 Å². The van der Waals surface area contributed by atoms with Crippen molar-refractivity contribution >= 4 is 17.0 Å². The average Bonchev–Trinajstić information content (AvgIpc) is 3.13. The molecule has 126 valence electrons. The first kappa shape index (κ1) is 16.1. The number of aryl methyl sites for hydroxylation is 1. The van der Waals surface area contributed by atoms with Crippen LogP contribution < -0.4 is 5.32 Å². The van der Waals surface area contributed by atoms with E-state index in [0.29, 0.717) is 22.8 Å². The van der Waals surface area contributed by atoms with Crippen LogP contribution in [0.3, 0.4) is 0 Å². The molecule has 0 unspecified atom stereocenters. The van der Waals surface area contributed by atoms with Crippen LogP contribution in [0.5, 0.6) is 0 Å². The summed E-state index contributed by atoms with van der Waals surface area (Å²) in [5.41, 5.74) is 1.29. The van der Waals surface area contributed by atoms with Gasteiger partial charge in [-0.05, 0) is 6.92 Å². The molecule has 1 fully saturated rings. The van der Waals surface area contributed by atoms with E-state index >= 15 is 0 Å². The molecular weight excluding hydrogens is 302 g/mol. The molecule has 0 bridgehead atoms. The molecule has 0 radical (unpaired) electrons. The lowest BCUT2D eigenvalue weighted by Gasteiger charge is -2.21. The van der Waals surface area contributed by atoms with E-state index in [4.69, 9.17) is 14.2 Å². The summed E-state index contributed by atoms with van der Waals surface area (Å²) in [6, 6.07) is 0. The third kappa shape index (κ3) is 2.55. The van der Waals surface area contributed by atoms with Crippen LogP contribution in [0.1, 0.15) is 12.1 Å². The fourth-order valence-electron chi connectivity index (χ4n) is 3.00. The summed E-state index contributed by atoms with van der Waals surface area (Å²) in [6.45, 7) is 1.66. The average molecular weight is 323 g/mol. The van der Waals surface area contributed by atoms with Gasteiger partial charge in [-0.25, -0.2) is 15.0 Å². The van der Waals surface area contributed by atoms with Gasteiger partial charge in [-0.1, -0.05) is 0 Å². The summed E-state index contributed by atoms with van der Waals surface area (Å²) >= 11 is 0. The second-order valence-electron chi connectivity index (χ2n) is 5.34. The van der Waals surface area contributed by atoms with Crippen LogP contribution in [-0.2, 0) is 14.2 Å². The molecule has 0 spiro atoms. The monoisotopic (exact) mass is 323 g/mol. The Morgan fingerprint density at radius 2 is 2.04 bits per heavy atom. The van der Waals surface area contributed by atoms with Crippen LogP contribution in [0.25, 0.3) is 11.2 Å². The molecule has 1 aliphatic rings. The van der Waals surface area contributed by atoms with Gasteiger partial charge in [0, 0.05) is 21.3 Å². The Hall–Kier alpha value is -1.81. The summed E-state index contributed by atoms with van der Waals surface area (Å²) in [5.74, 6) is 1.28. The van der Waals surface area contributed by atoms with Gasteiger partial charge in [-0.15, -0.1) is 0 Å². The van der Waals surface area contributed by atoms with Crippen LogP contribution >= 0.6 is 0 Å². The zero-order valence-electron chi connectivity index (χ0n) is 13.6. The molecule has 9 heteroatoms. The third-order valence-electron chi connectivity index (χ3n) is 4.05. The quantitative estimate of drug-likeness (QED) is 0.798. The van der Waals surface area contributed by atoms with Crippen LogP contribution in [0.15, 0.2) is 6.33 Å². The molecule has 4 atom stereocenters. The highest BCUT2D eigenvalue weighted by molar-refractivity contribution is 5.82. The van der Waals surface area contributed by atoms with Crippen molar-refractivity contribution in [3.63, 3.8) is 0 Å². The number of ether oxygens (including phenoxy) is 3. The summed E-state index contributed by atoms with van der Waals surface area (Å²) in [5, 5.41) is 12.5. The number of hydrogen-bond acceptors (Lipinski definition) is 8. The van der Waals surface area contributed by atoms with Gasteiger partial charge in [0.2, 0.25) is 0 Å². The summed E-state index contributed by atoms with van der Waals surface area (Å²) in [7, 11) is 4.95. The molecule has 2 N–H and O–H groups in total. The van der Waals surface area contributed by atoms with Crippen molar-refractivity contribution in [2.24, 2.45) is 0 Å². The summed E-state index contributed by atoms with van der Waals surface area (Å²) in [4.78, 5) is 13.2. The second kappa shape index (κ2) is 6.36. The maximum Gasteiger partial charge on any atom is 0.167 e. The first-order valence-electron chi connectivity index (χ1n) is 7.35. The first-order valence-corrected chi connectivity index (χ1v) is 7.35. The van der Waals surface area contributed by atoms with Gasteiger partial charge in [-0.3, -0.25) is 4.57 Å². The molecule has 9 nitrogen and oxygen atoms in total. The predicted octanol–water partition coefficient (Wildman–Crippen LogP) is 0.0961. The molecule has 0 aromatic carbocycles. The third-order valence-corrected chi connectivity index (χ3v) is 4.05. The molecule has 3 rings (SSSR count). The molecule has 2 aromatic heterocycles. The van der Waals surface area contributed by atoms with E-state index in [0.717, 1.165) is 0 Å². The van der Waals surface area contributed by atoms with E-state index in [9.17, 15) is 5.11 Å². The highest BCUT2D eigenvalue weighted by Gasteiger charge is 2.46. The van der Waals surface area contributed by atoms with Gasteiger partial charge in [0.15, 0.2) is 23.2 Å². The number of fused-ring (bicyclic) bond motifs is 1. The topological polar surface area (TPSA) is 104 Å². The number of rotatable bonds is 5. The van der Waals surface area contributed by atoms with Crippen LogP contribution in [0, 0.1) is 6.92 Å². The van der Waals surface area contributed by atoms with E-state index in [2.05, 4.69) is 20.3 Å². The Morgan fingerprint density at radius 3 is 2.65 bits per heavy atom. The van der Waals surface area contributed by atoms with E-state index in [1.807, 2.05) is 6.92 Å². The zero-order chi connectivity index (χ0) is 16.6. The number of aliphatic hydroxyl groups excluding tert-OH is 1. The Morgan fingerprint density at radius 1 is 1.30 bits per heavy atom. The molecule has 23 heavy (non-hydrogen) atoms. The minimum atomic E-state index is -0.494. The minimum absolute atomic E-state index is 0.155. The van der Waals surface area contributed by atoms with E-state index in [-0.39, 0.29) is 18.8 Å². The smallest absolute Gasteiger partial charge is 0.167 e. The SMILES string of the molecule is CNc1nc(C)nc2c1ncn2[C@@H]1O[C@H](CO)[C@@H](OC)[C@H]1OC. The van der Waals surface area contributed by atoms with Gasteiger partial charge in [-0.2, -0.15) is 0 Å². The standard InChI is InChI=1S/C14H21N5O4/c1-7-17-12(15-2)9-13(18-7)19(6-16-9)14-11(22-4)10(21-3)8(5-20)23-14/h6,8,10-11,14,20H,5H2,1-4H3,(H,15,17,18)/t8-,10-,11-,14-/m1/s1. The van der Waals surface area contributed by atoms with Crippen molar-refractivity contribution < 1.29 is 19.3 Å². The van der Waals surface area contributed by atoms with Crippen molar-refractivity contribution in [2.75, 3.05) is 33.2 Å². The maximum absolute atomic E-state index is 9.51. The number of aliphatic hydroxyl groups is 1. The number of methoxy groups -OCH3 is 2. The molecule has 1 aliphatic heterocycles. The lowest BCUT2D eigenvalue weighted by atomic mass is 10.1. The van der Waals surface area contributed by atoms with E-state index in [1.54, 1.807) is 32.2 Å². The molecule has 1 saturated heterocycles. The van der Waals surface area contributed by atoms with Crippen molar-refractivity contribution in [1.82, 2.24) is 19.5 Å². The van der Waals surface area contributed by atoms with E-state index in [1.165, 1.54) is 0 Å². The van der Waals surface area contributed by atoms with Gasteiger partial charge < -0.3 is 24.6 Å². The van der Waals surface area contributed by atoms with Gasteiger partial charge in [0.1, 0.15) is 24.1 Å². The highest BCUT2D eigenvalue weighted by atomic mass is 16.6. The van der Waals surface area contributed by atoms with Crippen molar-refractivity contribution in [3.8, 4) is 0 Å². The zero-order valence-corrected chi connectivity index (χ0v) is 13.6. The Bertz CT molecular complexity index is 691. The van der Waals surface area contributed by atoms with Crippen LogP contribution in [-0.4, -0.2) is 70.8 Å². The van der Waals surface area contributed by atoms with Crippen molar-refractivity contribution in [1.29, 1.82) is 0 Å². The highest BCUT2D eigenvalue weighted by Crippen LogP contribution is 2.35. The minimum Gasteiger partial charge on any atom is -0.394 e. The van der Waals surface area contributed by atoms with E-state index < -0.39 is 12.3 Å². The van der Waals surface area contributed by atoms with Gasteiger partial charge >= 0.3 is 0 Å². The Kier molecular flexibility index (Phi) is 4.44. The Labute approximate surface area is 133 Å². The normalized spacial score (nSPS) is 27.7. The predicted molar refractivity (Wildman–Crippen MR) is 82.2 cm³/mol. The maximum atomic E-state index is 9.51. The summed E-state index contributed by atoms with van der Waals surface area (Å²) < 4.78 is 18.7. The molecule has 0 amide bonds. The van der Waals surface area contributed by atoms with Crippen molar-refractivity contribution in [2.45, 2.75) is 31.5 Å². The number of aromatic nitrogens is 4. The van der Waals surface area contributed by atoms with Gasteiger partial charge in [0.25, 0.3) is 0 Å². The number of nitrogens with one attached hydrogen (secondary N) is 1. The lowest BCUT2D eigenvalue weighted by Crippen LogP contribution is -2.36. The molecule has 0 saturated carbocycles. The fourth-order valence-corrected chi connectivity index (χ4v) is 3.00. The molecule has 2 aromatic rings. The van der Waals surface area contributed by atoms with Gasteiger partial charge in [0.05, 0.1) is 12.9 Å².